The maximum Gasteiger partial charge on any atom is 0.415 e. The third-order valence-electron chi connectivity index (χ3n) is 5.26. The summed E-state index contributed by atoms with van der Waals surface area (Å²) in [6.45, 7) is 2.95. The maximum atomic E-state index is 12.2. The van der Waals surface area contributed by atoms with Gasteiger partial charge in [-0.15, -0.1) is 0 Å². The van der Waals surface area contributed by atoms with Crippen LogP contribution in [0.15, 0.2) is 48.5 Å². The van der Waals surface area contributed by atoms with E-state index in [2.05, 4.69) is 10.6 Å². The molecule has 0 aliphatic carbocycles. The Hall–Kier alpha value is -3.95. The zero-order valence-corrected chi connectivity index (χ0v) is 17.6. The first-order chi connectivity index (χ1) is 15.3. The van der Waals surface area contributed by atoms with Crippen LogP contribution in [0.1, 0.15) is 18.4 Å². The van der Waals surface area contributed by atoms with Gasteiger partial charge in [-0.1, -0.05) is 24.3 Å². The van der Waals surface area contributed by atoms with Gasteiger partial charge < -0.3 is 20.3 Å². The number of ether oxygens (including phenoxy) is 1. The summed E-state index contributed by atoms with van der Waals surface area (Å²) >= 11 is 0. The second kappa shape index (κ2) is 10.4. The molecule has 2 aromatic rings. The maximum absolute atomic E-state index is 12.2. The van der Waals surface area contributed by atoms with E-state index < -0.39 is 22.8 Å². The van der Waals surface area contributed by atoms with E-state index in [1.54, 1.807) is 36.1 Å². The van der Waals surface area contributed by atoms with Crippen LogP contribution in [0.4, 0.5) is 16.2 Å². The molecule has 1 fully saturated rings. The van der Waals surface area contributed by atoms with Crippen LogP contribution in [0.5, 0.6) is 5.75 Å². The second-order valence-electron chi connectivity index (χ2n) is 7.53. The number of carbonyl (C=O) groups excluding carboxylic acids is 3. The normalized spacial score (nSPS) is 13.8. The van der Waals surface area contributed by atoms with Crippen LogP contribution in [0, 0.1) is 23.0 Å². The molecule has 0 saturated carbocycles. The number of piperidine rings is 1. The van der Waals surface area contributed by atoms with Gasteiger partial charge in [0, 0.05) is 31.8 Å². The molecule has 168 valence electrons. The van der Waals surface area contributed by atoms with Crippen molar-refractivity contribution in [3.05, 3.63) is 64.2 Å². The highest BCUT2D eigenvalue weighted by Gasteiger charge is 2.25. The number of rotatable bonds is 5. The van der Waals surface area contributed by atoms with Gasteiger partial charge in [-0.05, 0) is 43.4 Å². The Labute approximate surface area is 184 Å². The Morgan fingerprint density at radius 1 is 1.09 bits per heavy atom. The van der Waals surface area contributed by atoms with Gasteiger partial charge in [-0.3, -0.25) is 19.7 Å². The number of hydrogen-bond donors (Lipinski definition) is 2. The predicted molar refractivity (Wildman–Crippen MR) is 116 cm³/mol. The SMILES string of the molecule is Cc1ccc([N+](=O)[O-])cc1NC(=O)C(=O)NCC1CCN(C(=O)Oc2ccccc2)CC1. The van der Waals surface area contributed by atoms with Gasteiger partial charge in [0.1, 0.15) is 5.75 Å². The van der Waals surface area contributed by atoms with Crippen LogP contribution in [-0.2, 0) is 9.59 Å². The highest BCUT2D eigenvalue weighted by molar-refractivity contribution is 6.39. The van der Waals surface area contributed by atoms with Crippen molar-refractivity contribution in [2.24, 2.45) is 5.92 Å². The topological polar surface area (TPSA) is 131 Å². The number of para-hydroxylation sites is 1. The molecule has 0 atom stereocenters. The van der Waals surface area contributed by atoms with Gasteiger partial charge >= 0.3 is 17.9 Å². The number of nitrogens with zero attached hydrogens (tertiary/aromatic N) is 2. The summed E-state index contributed by atoms with van der Waals surface area (Å²) in [5.74, 6) is -1.11. The molecule has 1 aliphatic rings. The molecule has 2 aromatic carbocycles. The Morgan fingerprint density at radius 2 is 1.78 bits per heavy atom. The third kappa shape index (κ3) is 6.03. The largest absolute Gasteiger partial charge is 0.415 e. The van der Waals surface area contributed by atoms with Crippen molar-refractivity contribution in [1.82, 2.24) is 10.2 Å². The molecule has 10 heteroatoms. The molecule has 0 radical (unpaired) electrons. The summed E-state index contributed by atoms with van der Waals surface area (Å²) in [7, 11) is 0. The average molecular weight is 440 g/mol. The number of amides is 3. The van der Waals surface area contributed by atoms with E-state index in [1.807, 2.05) is 6.07 Å². The number of anilines is 1. The Morgan fingerprint density at radius 3 is 2.44 bits per heavy atom. The van der Waals surface area contributed by atoms with Crippen LogP contribution < -0.4 is 15.4 Å². The molecule has 3 rings (SSSR count). The zero-order valence-electron chi connectivity index (χ0n) is 17.6. The molecule has 1 aliphatic heterocycles. The molecule has 0 unspecified atom stereocenters. The van der Waals surface area contributed by atoms with Crippen molar-refractivity contribution in [2.75, 3.05) is 25.0 Å². The first-order valence-electron chi connectivity index (χ1n) is 10.2. The van der Waals surface area contributed by atoms with Gasteiger partial charge in [-0.25, -0.2) is 4.79 Å². The van der Waals surface area contributed by atoms with Crippen LogP contribution in [0.2, 0.25) is 0 Å². The second-order valence-corrected chi connectivity index (χ2v) is 7.53. The third-order valence-corrected chi connectivity index (χ3v) is 5.26. The summed E-state index contributed by atoms with van der Waals surface area (Å²) in [4.78, 5) is 48.5. The summed E-state index contributed by atoms with van der Waals surface area (Å²) in [6, 6.07) is 12.9. The standard InChI is InChI=1S/C22H24N4O6/c1-15-7-8-17(26(30)31)13-19(15)24-21(28)20(27)23-14-16-9-11-25(12-10-16)22(29)32-18-5-3-2-4-6-18/h2-8,13,16H,9-12,14H2,1H3,(H,23,27)(H,24,28). The molecule has 3 amide bonds. The van der Waals surface area contributed by atoms with Crippen LogP contribution in [0.3, 0.4) is 0 Å². The van der Waals surface area contributed by atoms with E-state index in [0.717, 1.165) is 0 Å². The number of benzene rings is 2. The van der Waals surface area contributed by atoms with E-state index in [4.69, 9.17) is 4.74 Å². The van der Waals surface area contributed by atoms with Crippen molar-refractivity contribution in [1.29, 1.82) is 0 Å². The number of aryl methyl sites for hydroxylation is 1. The van der Waals surface area contributed by atoms with E-state index in [9.17, 15) is 24.5 Å². The van der Waals surface area contributed by atoms with Crippen molar-refractivity contribution in [3.8, 4) is 5.75 Å². The minimum Gasteiger partial charge on any atom is -0.410 e. The lowest BCUT2D eigenvalue weighted by molar-refractivity contribution is -0.384. The quantitative estimate of drug-likeness (QED) is 0.418. The lowest BCUT2D eigenvalue weighted by Crippen LogP contribution is -2.44. The number of hydrogen-bond acceptors (Lipinski definition) is 6. The Balaban J connectivity index is 1.43. The Kier molecular flexibility index (Phi) is 7.37. The molecule has 0 bridgehead atoms. The first-order valence-corrected chi connectivity index (χ1v) is 10.2. The fourth-order valence-corrected chi connectivity index (χ4v) is 3.33. The van der Waals surface area contributed by atoms with Crippen molar-refractivity contribution >= 4 is 29.3 Å². The van der Waals surface area contributed by atoms with Gasteiger partial charge in [0.2, 0.25) is 0 Å². The lowest BCUT2D eigenvalue weighted by Gasteiger charge is -2.31. The van der Waals surface area contributed by atoms with E-state index >= 15 is 0 Å². The molecule has 0 aromatic heterocycles. The fourth-order valence-electron chi connectivity index (χ4n) is 3.33. The molecule has 0 spiro atoms. The van der Waals surface area contributed by atoms with Gasteiger partial charge in [-0.2, -0.15) is 0 Å². The fraction of sp³-hybridized carbons (Fsp3) is 0.318. The number of non-ortho nitro benzene ring substituents is 1. The molecule has 32 heavy (non-hydrogen) atoms. The number of nitrogens with one attached hydrogen (secondary N) is 2. The zero-order chi connectivity index (χ0) is 23.1. The summed E-state index contributed by atoms with van der Waals surface area (Å²) in [5.41, 5.74) is 0.639. The van der Waals surface area contributed by atoms with Gasteiger partial charge in [0.25, 0.3) is 5.69 Å². The van der Waals surface area contributed by atoms with Gasteiger partial charge in [0.05, 0.1) is 10.6 Å². The van der Waals surface area contributed by atoms with Crippen LogP contribution in [-0.4, -0.2) is 47.4 Å². The minimum absolute atomic E-state index is 0.118. The first kappa shape index (κ1) is 22.7. The molecular weight excluding hydrogens is 416 g/mol. The van der Waals surface area contributed by atoms with Crippen LogP contribution in [0.25, 0.3) is 0 Å². The van der Waals surface area contributed by atoms with E-state index in [1.165, 1.54) is 18.2 Å². The molecule has 10 nitrogen and oxygen atoms in total. The van der Waals surface area contributed by atoms with Crippen LogP contribution >= 0.6 is 0 Å². The summed E-state index contributed by atoms with van der Waals surface area (Å²) < 4.78 is 5.33. The van der Waals surface area contributed by atoms with Crippen molar-refractivity contribution in [3.63, 3.8) is 0 Å². The highest BCUT2D eigenvalue weighted by Crippen LogP contribution is 2.22. The summed E-state index contributed by atoms with van der Waals surface area (Å²) in [6.07, 6.45) is 0.913. The van der Waals surface area contributed by atoms with Gasteiger partial charge in [0.15, 0.2) is 0 Å². The predicted octanol–water partition coefficient (Wildman–Crippen LogP) is 2.87. The smallest absolute Gasteiger partial charge is 0.410 e. The number of nitro benzene ring substituents is 1. The number of likely N-dealkylation sites (tertiary alicyclic amines) is 1. The van der Waals surface area contributed by atoms with Crippen molar-refractivity contribution in [2.45, 2.75) is 19.8 Å². The van der Waals surface area contributed by atoms with E-state index in [-0.39, 0.29) is 17.3 Å². The monoisotopic (exact) mass is 440 g/mol. The number of nitro groups is 1. The lowest BCUT2D eigenvalue weighted by atomic mass is 9.97. The van der Waals surface area contributed by atoms with E-state index in [0.29, 0.717) is 43.8 Å². The number of carbonyl (C=O) groups is 3. The highest BCUT2D eigenvalue weighted by atomic mass is 16.6. The van der Waals surface area contributed by atoms with Crippen molar-refractivity contribution < 1.29 is 24.0 Å². The average Bonchev–Trinajstić information content (AvgIpc) is 2.79. The molecular formula is C22H24N4O6. The Bertz CT molecular complexity index is 1000. The minimum atomic E-state index is -0.891. The molecule has 1 heterocycles. The molecule has 1 saturated heterocycles. The summed E-state index contributed by atoms with van der Waals surface area (Å²) in [5, 5.41) is 15.9. The molecule has 2 N–H and O–H groups in total.